The normalized spacial score (nSPS) is 9.53. The first kappa shape index (κ1) is 14.4. The van der Waals surface area contributed by atoms with Crippen molar-refractivity contribution in [2.75, 3.05) is 0 Å². The minimum Gasteiger partial charge on any atom is -0.481 e. The molecule has 1 heterocycles. The molecule has 0 saturated heterocycles. The molecule has 0 amide bonds. The Morgan fingerprint density at radius 2 is 1.74 bits per heavy atom. The van der Waals surface area contributed by atoms with Crippen LogP contribution in [0.1, 0.15) is 12.5 Å². The van der Waals surface area contributed by atoms with Gasteiger partial charge in [-0.05, 0) is 11.6 Å². The Morgan fingerprint density at radius 1 is 1.16 bits per heavy atom. The van der Waals surface area contributed by atoms with Gasteiger partial charge < -0.3 is 15.2 Å². The fourth-order valence-corrected chi connectivity index (χ4v) is 1.53. The summed E-state index contributed by atoms with van der Waals surface area (Å²) in [5.41, 5.74) is 1.63. The van der Waals surface area contributed by atoms with Crippen molar-refractivity contribution in [2.45, 2.75) is 13.3 Å². The highest BCUT2D eigenvalue weighted by Gasteiger charge is 2.14. The van der Waals surface area contributed by atoms with Crippen molar-refractivity contribution < 1.29 is 24.6 Å². The van der Waals surface area contributed by atoms with Gasteiger partial charge in [0.2, 0.25) is 5.78 Å². The molecule has 100 valence electrons. The number of carbonyl (C=O) groups excluding carboxylic acids is 1. The van der Waals surface area contributed by atoms with Crippen LogP contribution in [0.4, 0.5) is 0 Å². The van der Waals surface area contributed by atoms with Gasteiger partial charge in [-0.1, -0.05) is 18.2 Å². The molecule has 0 saturated carbocycles. The van der Waals surface area contributed by atoms with E-state index < -0.39 is 17.7 Å². The van der Waals surface area contributed by atoms with E-state index >= 15 is 0 Å². The standard InChI is InChI=1S/C11H9NO3.C2H4O2/c13-10(11(14)15)5-7-6-12-9-4-2-1-3-8(7)9;1-2(3)4/h1-4,6,12H,5H2,(H,14,15);1H3,(H,3,4). The van der Waals surface area contributed by atoms with Crippen LogP contribution >= 0.6 is 0 Å². The summed E-state index contributed by atoms with van der Waals surface area (Å²) in [6.45, 7) is 1.08. The van der Waals surface area contributed by atoms with Crippen molar-refractivity contribution in [1.82, 2.24) is 4.98 Å². The second kappa shape index (κ2) is 6.34. The highest BCUT2D eigenvalue weighted by molar-refractivity contribution is 6.33. The lowest BCUT2D eigenvalue weighted by Crippen LogP contribution is -2.14. The summed E-state index contributed by atoms with van der Waals surface area (Å²) in [7, 11) is 0. The number of ketones is 1. The number of H-pyrrole nitrogens is 1. The summed E-state index contributed by atoms with van der Waals surface area (Å²) >= 11 is 0. The topological polar surface area (TPSA) is 107 Å². The Hall–Kier alpha value is -2.63. The van der Waals surface area contributed by atoms with Gasteiger partial charge >= 0.3 is 5.97 Å². The number of carboxylic acid groups (broad SMARTS) is 2. The third kappa shape index (κ3) is 4.27. The monoisotopic (exact) mass is 263 g/mol. The fourth-order valence-electron chi connectivity index (χ4n) is 1.53. The SMILES string of the molecule is CC(=O)O.O=C(O)C(=O)Cc1c[nH]c2ccccc12. The molecule has 0 aliphatic heterocycles. The van der Waals surface area contributed by atoms with Crippen LogP contribution in [0.25, 0.3) is 10.9 Å². The third-order valence-corrected chi connectivity index (χ3v) is 2.26. The van der Waals surface area contributed by atoms with Crippen LogP contribution in [0.3, 0.4) is 0 Å². The predicted octanol–water partition coefficient (Wildman–Crippen LogP) is 1.45. The van der Waals surface area contributed by atoms with Gasteiger partial charge in [0.1, 0.15) is 0 Å². The van der Waals surface area contributed by atoms with Gasteiger partial charge in [0.05, 0.1) is 0 Å². The Balaban J connectivity index is 0.000000399. The molecule has 6 nitrogen and oxygen atoms in total. The molecule has 1 aromatic heterocycles. The second-order valence-electron chi connectivity index (χ2n) is 3.78. The van der Waals surface area contributed by atoms with E-state index in [1.807, 2.05) is 24.3 Å². The lowest BCUT2D eigenvalue weighted by molar-refractivity contribution is -0.148. The first-order valence-corrected chi connectivity index (χ1v) is 5.42. The van der Waals surface area contributed by atoms with Gasteiger partial charge in [0.25, 0.3) is 5.97 Å². The molecule has 0 radical (unpaired) electrons. The van der Waals surface area contributed by atoms with E-state index in [9.17, 15) is 9.59 Å². The molecule has 2 aromatic rings. The predicted molar refractivity (Wildman–Crippen MR) is 68.0 cm³/mol. The summed E-state index contributed by atoms with van der Waals surface area (Å²) in [5.74, 6) is -3.01. The quantitative estimate of drug-likeness (QED) is 0.726. The Labute approximate surface area is 108 Å². The molecular formula is C13H13NO5. The number of nitrogens with one attached hydrogen (secondary N) is 1. The number of rotatable bonds is 3. The molecule has 0 fully saturated rings. The van der Waals surface area contributed by atoms with Crippen molar-refractivity contribution in [3.05, 3.63) is 36.0 Å². The minimum absolute atomic E-state index is 0.0701. The van der Waals surface area contributed by atoms with E-state index in [1.54, 1.807) is 6.20 Å². The number of Topliss-reactive ketones (excluding diaryl/α,β-unsaturated/α-hetero) is 1. The minimum atomic E-state index is -1.39. The van der Waals surface area contributed by atoms with E-state index in [1.165, 1.54) is 0 Å². The Bertz CT molecular complexity index is 610. The maximum absolute atomic E-state index is 11.0. The molecule has 0 unspecified atom stereocenters. The number of benzene rings is 1. The molecule has 6 heteroatoms. The van der Waals surface area contributed by atoms with Gasteiger partial charge in [-0.15, -0.1) is 0 Å². The number of aliphatic carboxylic acids is 2. The van der Waals surface area contributed by atoms with E-state index in [-0.39, 0.29) is 6.42 Å². The van der Waals surface area contributed by atoms with Crippen molar-refractivity contribution in [3.8, 4) is 0 Å². The zero-order valence-electron chi connectivity index (χ0n) is 10.2. The van der Waals surface area contributed by atoms with Crippen molar-refractivity contribution >= 4 is 28.6 Å². The molecule has 0 aliphatic carbocycles. The van der Waals surface area contributed by atoms with Gasteiger partial charge in [0.15, 0.2) is 0 Å². The molecule has 0 spiro atoms. The Kier molecular flexibility index (Phi) is 4.82. The Morgan fingerprint density at radius 3 is 2.32 bits per heavy atom. The highest BCUT2D eigenvalue weighted by atomic mass is 16.4. The van der Waals surface area contributed by atoms with E-state index in [0.29, 0.717) is 0 Å². The number of carbonyl (C=O) groups is 3. The number of carboxylic acids is 2. The molecule has 2 rings (SSSR count). The first-order valence-electron chi connectivity index (χ1n) is 5.42. The number of hydrogen-bond acceptors (Lipinski definition) is 3. The number of para-hydroxylation sites is 1. The summed E-state index contributed by atoms with van der Waals surface area (Å²) in [4.78, 5) is 33.4. The van der Waals surface area contributed by atoms with Crippen LogP contribution in [0.15, 0.2) is 30.5 Å². The molecule has 0 bridgehead atoms. The number of hydrogen-bond donors (Lipinski definition) is 3. The van der Waals surface area contributed by atoms with Gasteiger partial charge in [0, 0.05) is 30.4 Å². The highest BCUT2D eigenvalue weighted by Crippen LogP contribution is 2.18. The number of aromatic nitrogens is 1. The fraction of sp³-hybridized carbons (Fsp3) is 0.154. The van der Waals surface area contributed by atoms with E-state index in [0.717, 1.165) is 23.4 Å². The average molecular weight is 263 g/mol. The molecular weight excluding hydrogens is 250 g/mol. The summed E-state index contributed by atoms with van der Waals surface area (Å²) in [6.07, 6.45) is 1.60. The van der Waals surface area contributed by atoms with Gasteiger partial charge in [-0.2, -0.15) is 0 Å². The second-order valence-corrected chi connectivity index (χ2v) is 3.78. The van der Waals surface area contributed by atoms with E-state index in [4.69, 9.17) is 15.0 Å². The maximum atomic E-state index is 11.0. The van der Waals surface area contributed by atoms with Crippen LogP contribution in [0, 0.1) is 0 Å². The van der Waals surface area contributed by atoms with Crippen LogP contribution in [0.2, 0.25) is 0 Å². The van der Waals surface area contributed by atoms with E-state index in [2.05, 4.69) is 4.98 Å². The van der Waals surface area contributed by atoms with Gasteiger partial charge in [-0.3, -0.25) is 9.59 Å². The number of aromatic amines is 1. The molecule has 0 atom stereocenters. The van der Waals surface area contributed by atoms with Crippen LogP contribution in [0.5, 0.6) is 0 Å². The van der Waals surface area contributed by atoms with Crippen LogP contribution in [-0.2, 0) is 20.8 Å². The molecule has 1 aromatic carbocycles. The summed E-state index contributed by atoms with van der Waals surface area (Å²) in [5, 5.41) is 16.8. The number of fused-ring (bicyclic) bond motifs is 1. The lowest BCUT2D eigenvalue weighted by atomic mass is 10.1. The third-order valence-electron chi connectivity index (χ3n) is 2.26. The maximum Gasteiger partial charge on any atom is 0.372 e. The van der Waals surface area contributed by atoms with Crippen molar-refractivity contribution in [3.63, 3.8) is 0 Å². The zero-order valence-corrected chi connectivity index (χ0v) is 10.2. The zero-order chi connectivity index (χ0) is 14.4. The smallest absolute Gasteiger partial charge is 0.372 e. The first-order chi connectivity index (χ1) is 8.91. The average Bonchev–Trinajstić information content (AvgIpc) is 2.72. The van der Waals surface area contributed by atoms with Gasteiger partial charge in [-0.25, -0.2) is 4.79 Å². The molecule has 0 aliphatic rings. The lowest BCUT2D eigenvalue weighted by Gasteiger charge is -1.94. The summed E-state index contributed by atoms with van der Waals surface area (Å²) in [6, 6.07) is 7.47. The largest absolute Gasteiger partial charge is 0.481 e. The van der Waals surface area contributed by atoms with Crippen molar-refractivity contribution in [2.24, 2.45) is 0 Å². The summed E-state index contributed by atoms with van der Waals surface area (Å²) < 4.78 is 0. The van der Waals surface area contributed by atoms with Crippen LogP contribution < -0.4 is 0 Å². The molecule has 19 heavy (non-hydrogen) atoms. The van der Waals surface area contributed by atoms with Crippen molar-refractivity contribution in [1.29, 1.82) is 0 Å². The van der Waals surface area contributed by atoms with Crippen LogP contribution in [-0.4, -0.2) is 32.9 Å². The molecule has 3 N–H and O–H groups in total.